The Labute approximate surface area is 130 Å². The SMILES string of the molecule is COc1cc(OC)cc(C(=O)NC2CCc3ccccc32)c1. The van der Waals surface area contributed by atoms with Crippen molar-refractivity contribution in [3.8, 4) is 11.5 Å². The molecule has 0 fully saturated rings. The number of aryl methyl sites for hydroxylation is 1. The second-order valence-electron chi connectivity index (χ2n) is 5.36. The molecule has 0 saturated heterocycles. The summed E-state index contributed by atoms with van der Waals surface area (Å²) in [7, 11) is 3.15. The average molecular weight is 297 g/mol. The summed E-state index contributed by atoms with van der Waals surface area (Å²) < 4.78 is 10.4. The highest BCUT2D eigenvalue weighted by Gasteiger charge is 2.24. The first-order valence-electron chi connectivity index (χ1n) is 7.33. The Morgan fingerprint density at radius 2 is 1.77 bits per heavy atom. The summed E-state index contributed by atoms with van der Waals surface area (Å²) in [5.41, 5.74) is 3.07. The van der Waals surface area contributed by atoms with Gasteiger partial charge in [0.1, 0.15) is 11.5 Å². The summed E-state index contributed by atoms with van der Waals surface area (Å²) in [5.74, 6) is 1.10. The first kappa shape index (κ1) is 14.4. The van der Waals surface area contributed by atoms with E-state index in [-0.39, 0.29) is 11.9 Å². The van der Waals surface area contributed by atoms with E-state index < -0.39 is 0 Å². The quantitative estimate of drug-likeness (QED) is 0.943. The van der Waals surface area contributed by atoms with Crippen LogP contribution < -0.4 is 14.8 Å². The van der Waals surface area contributed by atoms with E-state index in [2.05, 4.69) is 17.4 Å². The summed E-state index contributed by atoms with van der Waals surface area (Å²) in [6, 6.07) is 13.5. The number of ether oxygens (including phenoxy) is 2. The Morgan fingerprint density at radius 3 is 2.45 bits per heavy atom. The lowest BCUT2D eigenvalue weighted by Gasteiger charge is -2.15. The molecule has 0 aliphatic heterocycles. The third-order valence-corrected chi connectivity index (χ3v) is 4.05. The number of methoxy groups -OCH3 is 2. The zero-order valence-corrected chi connectivity index (χ0v) is 12.8. The van der Waals surface area contributed by atoms with E-state index in [0.717, 1.165) is 12.8 Å². The van der Waals surface area contributed by atoms with Gasteiger partial charge in [0.15, 0.2) is 0 Å². The molecular formula is C18H19NO3. The third kappa shape index (κ3) is 2.77. The maximum Gasteiger partial charge on any atom is 0.252 e. The fourth-order valence-electron chi connectivity index (χ4n) is 2.89. The monoisotopic (exact) mass is 297 g/mol. The highest BCUT2D eigenvalue weighted by Crippen LogP contribution is 2.31. The predicted molar refractivity (Wildman–Crippen MR) is 84.5 cm³/mol. The molecule has 4 nitrogen and oxygen atoms in total. The summed E-state index contributed by atoms with van der Waals surface area (Å²) in [6.07, 6.45) is 1.94. The molecule has 2 aromatic carbocycles. The fraction of sp³-hybridized carbons (Fsp3) is 0.278. The van der Waals surface area contributed by atoms with E-state index in [1.54, 1.807) is 32.4 Å². The number of nitrogens with one attached hydrogen (secondary N) is 1. The molecule has 22 heavy (non-hydrogen) atoms. The van der Waals surface area contributed by atoms with E-state index in [9.17, 15) is 4.79 Å². The van der Waals surface area contributed by atoms with Gasteiger partial charge in [-0.1, -0.05) is 24.3 Å². The number of carbonyl (C=O) groups excluding carboxylic acids is 1. The van der Waals surface area contributed by atoms with Crippen molar-refractivity contribution in [2.75, 3.05) is 14.2 Å². The van der Waals surface area contributed by atoms with Crippen LogP contribution in [-0.4, -0.2) is 20.1 Å². The van der Waals surface area contributed by atoms with Crippen LogP contribution in [0.3, 0.4) is 0 Å². The van der Waals surface area contributed by atoms with Gasteiger partial charge in [0.25, 0.3) is 5.91 Å². The van der Waals surface area contributed by atoms with Crippen LogP contribution in [0.4, 0.5) is 0 Å². The van der Waals surface area contributed by atoms with E-state index >= 15 is 0 Å². The van der Waals surface area contributed by atoms with Crippen molar-refractivity contribution >= 4 is 5.91 Å². The summed E-state index contributed by atoms with van der Waals surface area (Å²) in [4.78, 5) is 12.5. The van der Waals surface area contributed by atoms with E-state index in [0.29, 0.717) is 17.1 Å². The van der Waals surface area contributed by atoms with Crippen molar-refractivity contribution in [1.82, 2.24) is 5.32 Å². The van der Waals surface area contributed by atoms with Crippen molar-refractivity contribution < 1.29 is 14.3 Å². The molecule has 3 rings (SSSR count). The highest BCUT2D eigenvalue weighted by atomic mass is 16.5. The van der Waals surface area contributed by atoms with Crippen molar-refractivity contribution in [2.45, 2.75) is 18.9 Å². The zero-order chi connectivity index (χ0) is 15.5. The molecule has 1 amide bonds. The van der Waals surface area contributed by atoms with Crippen LogP contribution in [0.5, 0.6) is 11.5 Å². The van der Waals surface area contributed by atoms with Gasteiger partial charge in [0.2, 0.25) is 0 Å². The molecule has 0 radical (unpaired) electrons. The van der Waals surface area contributed by atoms with Crippen LogP contribution in [0.1, 0.15) is 33.9 Å². The van der Waals surface area contributed by atoms with Crippen LogP contribution in [0.15, 0.2) is 42.5 Å². The molecule has 1 aliphatic carbocycles. The van der Waals surface area contributed by atoms with Crippen LogP contribution in [0.25, 0.3) is 0 Å². The number of hydrogen-bond donors (Lipinski definition) is 1. The highest BCUT2D eigenvalue weighted by molar-refractivity contribution is 5.95. The first-order valence-corrected chi connectivity index (χ1v) is 7.33. The van der Waals surface area contributed by atoms with Crippen LogP contribution in [-0.2, 0) is 6.42 Å². The van der Waals surface area contributed by atoms with Crippen molar-refractivity contribution in [3.63, 3.8) is 0 Å². The summed E-state index contributed by atoms with van der Waals surface area (Å²) in [6.45, 7) is 0. The Morgan fingerprint density at radius 1 is 1.09 bits per heavy atom. The number of amides is 1. The smallest absolute Gasteiger partial charge is 0.252 e. The molecule has 0 spiro atoms. The lowest BCUT2D eigenvalue weighted by atomic mass is 10.1. The number of hydrogen-bond acceptors (Lipinski definition) is 3. The molecule has 0 bridgehead atoms. The molecule has 0 saturated carbocycles. The Bertz CT molecular complexity index is 674. The molecule has 0 aromatic heterocycles. The van der Waals surface area contributed by atoms with Gasteiger partial charge in [0, 0.05) is 11.6 Å². The van der Waals surface area contributed by atoms with Gasteiger partial charge in [0.05, 0.1) is 20.3 Å². The summed E-state index contributed by atoms with van der Waals surface area (Å²) in [5, 5.41) is 3.10. The lowest BCUT2D eigenvalue weighted by Crippen LogP contribution is -2.27. The largest absolute Gasteiger partial charge is 0.497 e. The Balaban J connectivity index is 1.81. The van der Waals surface area contributed by atoms with Gasteiger partial charge >= 0.3 is 0 Å². The lowest BCUT2D eigenvalue weighted by molar-refractivity contribution is 0.0936. The van der Waals surface area contributed by atoms with Gasteiger partial charge in [-0.25, -0.2) is 0 Å². The fourth-order valence-corrected chi connectivity index (χ4v) is 2.89. The molecule has 1 unspecified atom stereocenters. The maximum atomic E-state index is 12.5. The minimum Gasteiger partial charge on any atom is -0.497 e. The zero-order valence-electron chi connectivity index (χ0n) is 12.8. The molecule has 1 aliphatic rings. The second-order valence-corrected chi connectivity index (χ2v) is 5.36. The molecule has 2 aromatic rings. The summed E-state index contributed by atoms with van der Waals surface area (Å²) >= 11 is 0. The van der Waals surface area contributed by atoms with Crippen molar-refractivity contribution in [2.24, 2.45) is 0 Å². The van der Waals surface area contributed by atoms with Gasteiger partial charge < -0.3 is 14.8 Å². The molecular weight excluding hydrogens is 278 g/mol. The van der Waals surface area contributed by atoms with Crippen molar-refractivity contribution in [1.29, 1.82) is 0 Å². The predicted octanol–water partition coefficient (Wildman–Crippen LogP) is 3.12. The van der Waals surface area contributed by atoms with Gasteiger partial charge in [-0.05, 0) is 36.1 Å². The molecule has 114 valence electrons. The molecule has 1 atom stereocenters. The van der Waals surface area contributed by atoms with E-state index in [4.69, 9.17) is 9.47 Å². The van der Waals surface area contributed by atoms with Gasteiger partial charge in [-0.15, -0.1) is 0 Å². The molecule has 4 heteroatoms. The Kier molecular flexibility index (Phi) is 4.00. The molecule has 0 heterocycles. The number of carbonyl (C=O) groups is 1. The minimum absolute atomic E-state index is 0.0703. The van der Waals surface area contributed by atoms with Crippen LogP contribution >= 0.6 is 0 Å². The molecule has 1 N–H and O–H groups in total. The van der Waals surface area contributed by atoms with Gasteiger partial charge in [-0.3, -0.25) is 4.79 Å². The van der Waals surface area contributed by atoms with E-state index in [1.165, 1.54) is 11.1 Å². The number of rotatable bonds is 4. The van der Waals surface area contributed by atoms with E-state index in [1.807, 2.05) is 12.1 Å². The number of benzene rings is 2. The van der Waals surface area contributed by atoms with Gasteiger partial charge in [-0.2, -0.15) is 0 Å². The normalized spacial score (nSPS) is 16.0. The first-order chi connectivity index (χ1) is 10.7. The standard InChI is InChI=1S/C18H19NO3/c1-21-14-9-13(10-15(11-14)22-2)18(20)19-17-8-7-12-5-3-4-6-16(12)17/h3-6,9-11,17H,7-8H2,1-2H3,(H,19,20). The van der Waals surface area contributed by atoms with Crippen molar-refractivity contribution in [3.05, 3.63) is 59.2 Å². The van der Waals surface area contributed by atoms with Crippen LogP contribution in [0, 0.1) is 0 Å². The average Bonchev–Trinajstić information content (AvgIpc) is 2.97. The van der Waals surface area contributed by atoms with Crippen LogP contribution in [0.2, 0.25) is 0 Å². The minimum atomic E-state index is -0.112. The maximum absolute atomic E-state index is 12.5. The topological polar surface area (TPSA) is 47.6 Å². The second kappa shape index (κ2) is 6.10. The third-order valence-electron chi connectivity index (χ3n) is 4.05. The number of fused-ring (bicyclic) bond motifs is 1. The Hall–Kier alpha value is -2.49.